The summed E-state index contributed by atoms with van der Waals surface area (Å²) in [5.41, 5.74) is 1.70. The first kappa shape index (κ1) is 16.9. The van der Waals surface area contributed by atoms with Crippen LogP contribution in [0, 0.1) is 0 Å². The molecule has 0 bridgehead atoms. The minimum Gasteiger partial charge on any atom is -0.467 e. The van der Waals surface area contributed by atoms with Crippen LogP contribution in [0.3, 0.4) is 0 Å². The molecule has 0 saturated heterocycles. The van der Waals surface area contributed by atoms with Gasteiger partial charge in [-0.05, 0) is 48.0 Å². The topological polar surface area (TPSA) is 64.4 Å². The average molecular weight is 361 g/mol. The number of benzene rings is 1. The summed E-state index contributed by atoms with van der Waals surface area (Å²) < 4.78 is 12.7. The van der Waals surface area contributed by atoms with Crippen molar-refractivity contribution in [3.8, 4) is 0 Å². The molecule has 3 heterocycles. The zero-order valence-electron chi connectivity index (χ0n) is 14.7. The van der Waals surface area contributed by atoms with Gasteiger partial charge < -0.3 is 13.7 Å². The normalized spacial score (nSPS) is 10.8. The number of nitrogens with zero attached hydrogens (tertiary/aromatic N) is 3. The zero-order valence-corrected chi connectivity index (χ0v) is 14.7. The summed E-state index contributed by atoms with van der Waals surface area (Å²) in [5.74, 6) is 1.38. The quantitative estimate of drug-likeness (QED) is 0.500. The van der Waals surface area contributed by atoms with E-state index >= 15 is 0 Å². The molecular weight excluding hydrogens is 342 g/mol. The minimum atomic E-state index is -0.0755. The van der Waals surface area contributed by atoms with Crippen molar-refractivity contribution in [2.75, 3.05) is 0 Å². The third kappa shape index (κ3) is 4.17. The van der Waals surface area contributed by atoms with Crippen molar-refractivity contribution >= 4 is 5.91 Å². The van der Waals surface area contributed by atoms with Crippen molar-refractivity contribution in [1.82, 2.24) is 14.7 Å². The van der Waals surface area contributed by atoms with Crippen LogP contribution in [0.4, 0.5) is 0 Å². The number of rotatable bonds is 7. The summed E-state index contributed by atoms with van der Waals surface area (Å²) in [5, 5.41) is 4.20. The first-order valence-corrected chi connectivity index (χ1v) is 8.68. The lowest BCUT2D eigenvalue weighted by molar-refractivity contribution is 0.0705. The van der Waals surface area contributed by atoms with Gasteiger partial charge in [0.2, 0.25) is 0 Å². The Labute approximate surface area is 156 Å². The van der Waals surface area contributed by atoms with Gasteiger partial charge in [-0.25, -0.2) is 0 Å². The van der Waals surface area contributed by atoms with Crippen molar-refractivity contribution in [3.63, 3.8) is 0 Å². The molecule has 6 nitrogen and oxygen atoms in total. The first-order chi connectivity index (χ1) is 13.3. The standard InChI is InChI=1S/C21H19N3O3/c25-21(18-8-6-17(7-9-18)14-24-11-3-10-22-24)23(15-19-4-1-12-26-19)16-20-5-2-13-27-20/h1-13H,14-16H2. The zero-order chi connectivity index (χ0) is 18.5. The van der Waals surface area contributed by atoms with E-state index in [1.54, 1.807) is 23.6 Å². The predicted octanol–water partition coefficient (Wildman–Crippen LogP) is 3.96. The molecular formula is C21H19N3O3. The number of carbonyl (C=O) groups excluding carboxylic acids is 1. The lowest BCUT2D eigenvalue weighted by Crippen LogP contribution is -2.29. The van der Waals surface area contributed by atoms with Gasteiger partial charge in [-0.3, -0.25) is 9.48 Å². The molecule has 3 aromatic heterocycles. The Morgan fingerprint density at radius 1 is 0.926 bits per heavy atom. The van der Waals surface area contributed by atoms with E-state index in [1.165, 1.54) is 0 Å². The van der Waals surface area contributed by atoms with E-state index < -0.39 is 0 Å². The van der Waals surface area contributed by atoms with Crippen LogP contribution in [0.2, 0.25) is 0 Å². The van der Waals surface area contributed by atoms with Crippen LogP contribution < -0.4 is 0 Å². The second-order valence-corrected chi connectivity index (χ2v) is 6.22. The molecule has 0 atom stereocenters. The summed E-state index contributed by atoms with van der Waals surface area (Å²) in [7, 11) is 0. The molecule has 27 heavy (non-hydrogen) atoms. The Kier molecular flexibility index (Phi) is 4.87. The van der Waals surface area contributed by atoms with Crippen molar-refractivity contribution in [3.05, 3.63) is 102 Å². The maximum absolute atomic E-state index is 13.1. The Hall–Kier alpha value is -3.54. The summed E-state index contributed by atoms with van der Waals surface area (Å²) in [6.07, 6.45) is 6.87. The van der Waals surface area contributed by atoms with Gasteiger partial charge >= 0.3 is 0 Å². The minimum absolute atomic E-state index is 0.0755. The summed E-state index contributed by atoms with van der Waals surface area (Å²) in [6, 6.07) is 16.8. The SMILES string of the molecule is O=C(c1ccc(Cn2cccn2)cc1)N(Cc1ccco1)Cc1ccco1. The first-order valence-electron chi connectivity index (χ1n) is 8.68. The van der Waals surface area contributed by atoms with E-state index in [2.05, 4.69) is 5.10 Å². The van der Waals surface area contributed by atoms with Crippen molar-refractivity contribution in [1.29, 1.82) is 0 Å². The van der Waals surface area contributed by atoms with E-state index in [1.807, 2.05) is 65.5 Å². The molecule has 4 rings (SSSR count). The number of hydrogen-bond donors (Lipinski definition) is 0. The number of hydrogen-bond acceptors (Lipinski definition) is 4. The molecule has 0 unspecified atom stereocenters. The molecule has 136 valence electrons. The highest BCUT2D eigenvalue weighted by Crippen LogP contribution is 2.16. The molecule has 6 heteroatoms. The fourth-order valence-corrected chi connectivity index (χ4v) is 2.90. The van der Waals surface area contributed by atoms with Gasteiger partial charge in [-0.15, -0.1) is 0 Å². The molecule has 4 aromatic rings. The van der Waals surface area contributed by atoms with E-state index in [9.17, 15) is 4.79 Å². The van der Waals surface area contributed by atoms with E-state index in [4.69, 9.17) is 8.83 Å². The Bertz CT molecular complexity index is 920. The Morgan fingerprint density at radius 3 is 2.11 bits per heavy atom. The van der Waals surface area contributed by atoms with Crippen LogP contribution in [-0.4, -0.2) is 20.6 Å². The van der Waals surface area contributed by atoms with Gasteiger partial charge in [0.1, 0.15) is 11.5 Å². The van der Waals surface area contributed by atoms with Gasteiger partial charge in [-0.2, -0.15) is 5.10 Å². The molecule has 0 radical (unpaired) electrons. The van der Waals surface area contributed by atoms with Gasteiger partial charge in [0.15, 0.2) is 0 Å². The van der Waals surface area contributed by atoms with Crippen LogP contribution in [0.15, 0.2) is 88.4 Å². The molecule has 0 saturated carbocycles. The highest BCUT2D eigenvalue weighted by molar-refractivity contribution is 5.94. The second-order valence-electron chi connectivity index (χ2n) is 6.22. The maximum Gasteiger partial charge on any atom is 0.254 e. The maximum atomic E-state index is 13.1. The van der Waals surface area contributed by atoms with E-state index in [0.29, 0.717) is 25.2 Å². The third-order valence-corrected chi connectivity index (χ3v) is 4.25. The van der Waals surface area contributed by atoms with Crippen LogP contribution in [-0.2, 0) is 19.6 Å². The second kappa shape index (κ2) is 7.78. The van der Waals surface area contributed by atoms with Gasteiger partial charge in [0, 0.05) is 18.0 Å². The van der Waals surface area contributed by atoms with Crippen molar-refractivity contribution in [2.45, 2.75) is 19.6 Å². The van der Waals surface area contributed by atoms with E-state index in [-0.39, 0.29) is 5.91 Å². The monoisotopic (exact) mass is 361 g/mol. The largest absolute Gasteiger partial charge is 0.467 e. The number of furan rings is 2. The van der Waals surface area contributed by atoms with Gasteiger partial charge in [0.25, 0.3) is 5.91 Å². The van der Waals surface area contributed by atoms with Crippen LogP contribution in [0.5, 0.6) is 0 Å². The van der Waals surface area contributed by atoms with Crippen molar-refractivity contribution < 1.29 is 13.6 Å². The lowest BCUT2D eigenvalue weighted by Gasteiger charge is -2.21. The predicted molar refractivity (Wildman–Crippen MR) is 98.8 cm³/mol. The lowest BCUT2D eigenvalue weighted by atomic mass is 10.1. The van der Waals surface area contributed by atoms with Gasteiger partial charge in [-0.1, -0.05) is 12.1 Å². The average Bonchev–Trinajstić information content (AvgIpc) is 3.45. The molecule has 0 aliphatic rings. The summed E-state index contributed by atoms with van der Waals surface area (Å²) in [4.78, 5) is 14.8. The number of aromatic nitrogens is 2. The molecule has 0 aliphatic carbocycles. The van der Waals surface area contributed by atoms with E-state index in [0.717, 1.165) is 17.1 Å². The van der Waals surface area contributed by atoms with Crippen LogP contribution in [0.25, 0.3) is 0 Å². The molecule has 0 spiro atoms. The molecule has 0 fully saturated rings. The molecule has 1 aromatic carbocycles. The summed E-state index contributed by atoms with van der Waals surface area (Å²) >= 11 is 0. The smallest absolute Gasteiger partial charge is 0.254 e. The van der Waals surface area contributed by atoms with Crippen LogP contribution >= 0.6 is 0 Å². The molecule has 0 N–H and O–H groups in total. The van der Waals surface area contributed by atoms with Crippen molar-refractivity contribution in [2.24, 2.45) is 0 Å². The highest BCUT2D eigenvalue weighted by atomic mass is 16.3. The number of carbonyl (C=O) groups is 1. The fourth-order valence-electron chi connectivity index (χ4n) is 2.90. The van der Waals surface area contributed by atoms with Gasteiger partial charge in [0.05, 0.1) is 32.2 Å². The van der Waals surface area contributed by atoms with Crippen LogP contribution in [0.1, 0.15) is 27.4 Å². The fraction of sp³-hybridized carbons (Fsp3) is 0.143. The Morgan fingerprint density at radius 2 is 1.59 bits per heavy atom. The summed E-state index contributed by atoms with van der Waals surface area (Å²) in [6.45, 7) is 1.42. The third-order valence-electron chi connectivity index (χ3n) is 4.25. The Balaban J connectivity index is 1.51. The number of amides is 1. The molecule has 0 aliphatic heterocycles. The molecule has 1 amide bonds. The highest BCUT2D eigenvalue weighted by Gasteiger charge is 2.19.